The fourth-order valence-corrected chi connectivity index (χ4v) is 2.29. The van der Waals surface area contributed by atoms with E-state index in [1.54, 1.807) is 0 Å². The monoisotopic (exact) mass is 355 g/mol. The lowest BCUT2D eigenvalue weighted by atomic mass is 10.1. The van der Waals surface area contributed by atoms with Gasteiger partial charge >= 0.3 is 0 Å². The Morgan fingerprint density at radius 2 is 1.95 bits per heavy atom. The lowest BCUT2D eigenvalue weighted by Gasteiger charge is -2.12. The molecule has 0 bridgehead atoms. The number of pyridine rings is 1. The van der Waals surface area contributed by atoms with Crippen molar-refractivity contribution < 1.29 is 13.5 Å². The number of halogens is 3. The van der Waals surface area contributed by atoms with E-state index in [0.29, 0.717) is 4.47 Å². The van der Waals surface area contributed by atoms with E-state index in [-0.39, 0.29) is 29.2 Å². The standard InChI is InChI=1S/C15H12BrF2NO2/c1-3-6-21-9-7-11(17)14(12(18)8-9)13-5-4-10(16)15(20)19(13)2/h3-5,7-8H,1,6H2,2H3. The summed E-state index contributed by atoms with van der Waals surface area (Å²) >= 11 is 3.08. The third-order valence-corrected chi connectivity index (χ3v) is 3.50. The van der Waals surface area contributed by atoms with E-state index in [2.05, 4.69) is 22.5 Å². The number of nitrogens with zero attached hydrogens (tertiary/aromatic N) is 1. The molecule has 6 heteroatoms. The van der Waals surface area contributed by atoms with Crippen molar-refractivity contribution in [3.05, 3.63) is 63.4 Å². The molecular formula is C15H12BrF2NO2. The summed E-state index contributed by atoms with van der Waals surface area (Å²) in [4.78, 5) is 11.8. The molecule has 110 valence electrons. The van der Waals surface area contributed by atoms with Gasteiger partial charge in [0.2, 0.25) is 0 Å². The van der Waals surface area contributed by atoms with Crippen molar-refractivity contribution in [2.45, 2.75) is 0 Å². The van der Waals surface area contributed by atoms with Crippen molar-refractivity contribution in [2.75, 3.05) is 6.61 Å². The van der Waals surface area contributed by atoms with Gasteiger partial charge in [-0.25, -0.2) is 8.78 Å². The molecular weight excluding hydrogens is 344 g/mol. The molecule has 0 aliphatic rings. The van der Waals surface area contributed by atoms with Crippen LogP contribution < -0.4 is 10.3 Å². The number of hydrogen-bond acceptors (Lipinski definition) is 2. The third-order valence-electron chi connectivity index (χ3n) is 2.90. The maximum atomic E-state index is 14.2. The van der Waals surface area contributed by atoms with Crippen molar-refractivity contribution in [1.29, 1.82) is 0 Å². The van der Waals surface area contributed by atoms with Crippen LogP contribution in [0.5, 0.6) is 5.75 Å². The van der Waals surface area contributed by atoms with Crippen LogP contribution in [0.4, 0.5) is 8.78 Å². The number of ether oxygens (including phenoxy) is 1. The highest BCUT2D eigenvalue weighted by Crippen LogP contribution is 2.29. The Morgan fingerprint density at radius 1 is 1.33 bits per heavy atom. The molecule has 21 heavy (non-hydrogen) atoms. The second-order valence-corrected chi connectivity index (χ2v) is 5.15. The molecule has 0 fully saturated rings. The molecule has 1 heterocycles. The van der Waals surface area contributed by atoms with E-state index in [9.17, 15) is 13.6 Å². The van der Waals surface area contributed by atoms with Gasteiger partial charge in [0.25, 0.3) is 5.56 Å². The van der Waals surface area contributed by atoms with E-state index in [4.69, 9.17) is 4.74 Å². The quantitative estimate of drug-likeness (QED) is 0.783. The molecule has 0 aliphatic heterocycles. The van der Waals surface area contributed by atoms with Gasteiger partial charge < -0.3 is 9.30 Å². The smallest absolute Gasteiger partial charge is 0.265 e. The predicted molar refractivity (Wildman–Crippen MR) is 80.4 cm³/mol. The number of benzene rings is 1. The zero-order valence-electron chi connectivity index (χ0n) is 11.2. The highest BCUT2D eigenvalue weighted by molar-refractivity contribution is 9.10. The minimum Gasteiger partial charge on any atom is -0.489 e. The molecule has 2 aromatic rings. The molecule has 0 saturated carbocycles. The molecule has 0 saturated heterocycles. The fourth-order valence-electron chi connectivity index (χ4n) is 1.89. The zero-order valence-corrected chi connectivity index (χ0v) is 12.8. The van der Waals surface area contributed by atoms with Crippen molar-refractivity contribution >= 4 is 15.9 Å². The first-order valence-corrected chi connectivity index (χ1v) is 6.83. The first-order chi connectivity index (χ1) is 9.95. The normalized spacial score (nSPS) is 10.5. The minimum atomic E-state index is -0.800. The highest BCUT2D eigenvalue weighted by Gasteiger charge is 2.17. The third kappa shape index (κ3) is 3.05. The van der Waals surface area contributed by atoms with Crippen molar-refractivity contribution in [1.82, 2.24) is 4.57 Å². The topological polar surface area (TPSA) is 31.2 Å². The fraction of sp³-hybridized carbons (Fsp3) is 0.133. The van der Waals surface area contributed by atoms with Crippen LogP contribution in [0.25, 0.3) is 11.3 Å². The van der Waals surface area contributed by atoms with Crippen LogP contribution >= 0.6 is 15.9 Å². The highest BCUT2D eigenvalue weighted by atomic mass is 79.9. The molecule has 1 aromatic heterocycles. The van der Waals surface area contributed by atoms with Gasteiger partial charge in [0.15, 0.2) is 0 Å². The van der Waals surface area contributed by atoms with Gasteiger partial charge in [0.1, 0.15) is 24.0 Å². The van der Waals surface area contributed by atoms with E-state index >= 15 is 0 Å². The first kappa shape index (κ1) is 15.4. The van der Waals surface area contributed by atoms with Crippen molar-refractivity contribution in [3.8, 4) is 17.0 Å². The predicted octanol–water partition coefficient (Wildman–Crippen LogP) is 3.66. The summed E-state index contributed by atoms with van der Waals surface area (Å²) in [5, 5.41) is 0. The zero-order chi connectivity index (χ0) is 15.6. The lowest BCUT2D eigenvalue weighted by molar-refractivity contribution is 0.358. The van der Waals surface area contributed by atoms with Gasteiger partial charge in [-0.3, -0.25) is 4.79 Å². The van der Waals surface area contributed by atoms with E-state index < -0.39 is 11.6 Å². The minimum absolute atomic E-state index is 0.0655. The largest absolute Gasteiger partial charge is 0.489 e. The van der Waals surface area contributed by atoms with Crippen molar-refractivity contribution in [3.63, 3.8) is 0 Å². The maximum absolute atomic E-state index is 14.2. The summed E-state index contributed by atoms with van der Waals surface area (Å²) in [5.74, 6) is -1.53. The summed E-state index contributed by atoms with van der Waals surface area (Å²) in [5.41, 5.74) is -0.500. The van der Waals surface area contributed by atoms with Crippen LogP contribution in [0.2, 0.25) is 0 Å². The van der Waals surface area contributed by atoms with Gasteiger partial charge in [-0.1, -0.05) is 12.7 Å². The van der Waals surface area contributed by atoms with Gasteiger partial charge in [-0.05, 0) is 28.1 Å². The Labute approximate surface area is 128 Å². The Hall–Kier alpha value is -1.95. The Bertz CT molecular complexity index is 733. The molecule has 0 N–H and O–H groups in total. The van der Waals surface area contributed by atoms with Gasteiger partial charge in [-0.2, -0.15) is 0 Å². The Kier molecular flexibility index (Phi) is 4.57. The van der Waals surface area contributed by atoms with Crippen LogP contribution in [0, 0.1) is 11.6 Å². The van der Waals surface area contributed by atoms with Crippen LogP contribution in [-0.4, -0.2) is 11.2 Å². The van der Waals surface area contributed by atoms with Crippen LogP contribution in [0.15, 0.2) is 46.2 Å². The molecule has 0 spiro atoms. The molecule has 0 amide bonds. The van der Waals surface area contributed by atoms with E-state index in [0.717, 1.165) is 12.1 Å². The average molecular weight is 356 g/mol. The number of hydrogen-bond donors (Lipinski definition) is 0. The second kappa shape index (κ2) is 6.22. The molecule has 0 aliphatic carbocycles. The molecule has 3 nitrogen and oxygen atoms in total. The SMILES string of the molecule is C=CCOc1cc(F)c(-c2ccc(Br)c(=O)n2C)c(F)c1. The van der Waals surface area contributed by atoms with E-state index in [1.165, 1.54) is 29.8 Å². The summed E-state index contributed by atoms with van der Waals surface area (Å²) < 4.78 is 34.9. The molecule has 0 atom stereocenters. The van der Waals surface area contributed by atoms with Crippen molar-refractivity contribution in [2.24, 2.45) is 7.05 Å². The Morgan fingerprint density at radius 3 is 2.52 bits per heavy atom. The number of aromatic nitrogens is 1. The number of rotatable bonds is 4. The van der Waals surface area contributed by atoms with E-state index in [1.807, 2.05) is 0 Å². The Balaban J connectivity index is 2.58. The molecule has 0 radical (unpaired) electrons. The van der Waals surface area contributed by atoms with Gasteiger partial charge in [0.05, 0.1) is 15.7 Å². The maximum Gasteiger partial charge on any atom is 0.265 e. The van der Waals surface area contributed by atoms with Crippen LogP contribution in [0.3, 0.4) is 0 Å². The summed E-state index contributed by atoms with van der Waals surface area (Å²) in [6, 6.07) is 5.08. The van der Waals surface area contributed by atoms with Crippen LogP contribution in [-0.2, 0) is 7.05 Å². The van der Waals surface area contributed by atoms with Gasteiger partial charge in [0, 0.05) is 19.2 Å². The summed E-state index contributed by atoms with van der Waals surface area (Å²) in [6.07, 6.45) is 1.47. The molecule has 0 unspecified atom stereocenters. The lowest BCUT2D eigenvalue weighted by Crippen LogP contribution is -2.19. The second-order valence-electron chi connectivity index (χ2n) is 4.29. The summed E-state index contributed by atoms with van der Waals surface area (Å²) in [6.45, 7) is 3.61. The van der Waals surface area contributed by atoms with Gasteiger partial charge in [-0.15, -0.1) is 0 Å². The molecule has 2 rings (SSSR count). The summed E-state index contributed by atoms with van der Waals surface area (Å²) in [7, 11) is 1.45. The average Bonchev–Trinajstić information content (AvgIpc) is 2.44. The van der Waals surface area contributed by atoms with Crippen LogP contribution in [0.1, 0.15) is 0 Å². The molecule has 1 aromatic carbocycles. The first-order valence-electron chi connectivity index (χ1n) is 6.04.